The Balaban J connectivity index is 2.76. The van der Waals surface area contributed by atoms with Crippen LogP contribution in [0.3, 0.4) is 0 Å². The van der Waals surface area contributed by atoms with Crippen LogP contribution in [0.15, 0.2) is 18.2 Å². The van der Waals surface area contributed by atoms with Crippen molar-refractivity contribution in [1.82, 2.24) is 4.90 Å². The van der Waals surface area contributed by atoms with Gasteiger partial charge in [0.05, 0.1) is 13.7 Å². The van der Waals surface area contributed by atoms with E-state index in [1.54, 1.807) is 7.11 Å². The molecule has 0 aliphatic carbocycles. The van der Waals surface area contributed by atoms with Crippen molar-refractivity contribution >= 4 is 12.1 Å². The van der Waals surface area contributed by atoms with Crippen LogP contribution in [0.5, 0.6) is 11.5 Å². The molecule has 1 rings (SSSR count). The molecule has 0 spiro atoms. The van der Waals surface area contributed by atoms with Gasteiger partial charge in [0, 0.05) is 37.1 Å². The van der Waals surface area contributed by atoms with E-state index in [2.05, 4.69) is 0 Å². The second-order valence-corrected chi connectivity index (χ2v) is 5.31. The predicted octanol–water partition coefficient (Wildman–Crippen LogP) is 2.32. The largest absolute Gasteiger partial charge is 0.496 e. The third-order valence-electron chi connectivity index (χ3n) is 3.50. The highest BCUT2D eigenvalue weighted by Gasteiger charge is 2.17. The summed E-state index contributed by atoms with van der Waals surface area (Å²) in [6, 6.07) is 5.73. The van der Waals surface area contributed by atoms with Crippen LogP contribution in [0.1, 0.15) is 25.8 Å². The highest BCUT2D eigenvalue weighted by molar-refractivity contribution is 5.80. The number of ether oxygens (including phenoxy) is 2. The van der Waals surface area contributed by atoms with Crippen LogP contribution < -0.4 is 9.47 Å². The zero-order valence-corrected chi connectivity index (χ0v) is 13.8. The number of hydrogen-bond acceptors (Lipinski definition) is 5. The first-order valence-corrected chi connectivity index (χ1v) is 7.44. The van der Waals surface area contributed by atoms with Gasteiger partial charge in [-0.15, -0.1) is 0 Å². The van der Waals surface area contributed by atoms with Gasteiger partial charge in [-0.2, -0.15) is 0 Å². The fraction of sp³-hybridized carbons (Fsp3) is 0.529. The van der Waals surface area contributed by atoms with Gasteiger partial charge in [-0.1, -0.05) is 6.07 Å². The molecule has 0 fully saturated rings. The number of nitrogens with zero attached hydrogens (tertiary/aromatic N) is 1. The average molecular weight is 307 g/mol. The maximum Gasteiger partial charge on any atom is 0.134 e. The summed E-state index contributed by atoms with van der Waals surface area (Å²) in [5.41, 5.74) is 1.02. The minimum atomic E-state index is -0.254. The van der Waals surface area contributed by atoms with Crippen molar-refractivity contribution in [3.05, 3.63) is 23.8 Å². The summed E-state index contributed by atoms with van der Waals surface area (Å²) in [5.74, 6) is 1.31. The lowest BCUT2D eigenvalue weighted by atomic mass is 10.0. The number of aldehydes is 1. The maximum atomic E-state index is 11.5. The number of methoxy groups -OCH3 is 1. The van der Waals surface area contributed by atoms with Crippen LogP contribution in [0, 0.1) is 5.92 Å². The fourth-order valence-electron chi connectivity index (χ4n) is 2.33. The summed E-state index contributed by atoms with van der Waals surface area (Å²) < 4.78 is 10.9. The Labute approximate surface area is 132 Å². The number of rotatable bonds is 10. The molecular formula is C17H25NO4. The van der Waals surface area contributed by atoms with Crippen molar-refractivity contribution in [2.75, 3.05) is 27.3 Å². The molecule has 0 heterocycles. The van der Waals surface area contributed by atoms with Crippen LogP contribution in [0.2, 0.25) is 0 Å². The lowest BCUT2D eigenvalue weighted by Crippen LogP contribution is -2.29. The van der Waals surface area contributed by atoms with E-state index >= 15 is 0 Å². The van der Waals surface area contributed by atoms with Crippen LogP contribution in [0.4, 0.5) is 0 Å². The fourth-order valence-corrected chi connectivity index (χ4v) is 2.33. The van der Waals surface area contributed by atoms with Gasteiger partial charge in [0.15, 0.2) is 0 Å². The van der Waals surface area contributed by atoms with E-state index in [1.807, 2.05) is 37.1 Å². The summed E-state index contributed by atoms with van der Waals surface area (Å²) in [4.78, 5) is 24.2. The van der Waals surface area contributed by atoms with E-state index in [0.29, 0.717) is 19.7 Å². The van der Waals surface area contributed by atoms with Gasteiger partial charge in [0.25, 0.3) is 0 Å². The molecule has 0 amide bonds. The smallest absolute Gasteiger partial charge is 0.134 e. The Morgan fingerprint density at radius 1 is 1.41 bits per heavy atom. The molecule has 5 nitrogen and oxygen atoms in total. The van der Waals surface area contributed by atoms with Crippen LogP contribution >= 0.6 is 0 Å². The zero-order valence-electron chi connectivity index (χ0n) is 13.8. The molecule has 1 atom stereocenters. The number of hydrogen-bond donors (Lipinski definition) is 0. The topological polar surface area (TPSA) is 55.8 Å². The Hall–Kier alpha value is -1.88. The van der Waals surface area contributed by atoms with Crippen molar-refractivity contribution < 1.29 is 19.1 Å². The monoisotopic (exact) mass is 307 g/mol. The van der Waals surface area contributed by atoms with Gasteiger partial charge in [-0.05, 0) is 27.0 Å². The number of carbonyl (C=O) groups excluding carboxylic acids is 2. The second kappa shape index (κ2) is 9.20. The number of benzene rings is 1. The molecule has 0 aromatic heterocycles. The van der Waals surface area contributed by atoms with Crippen molar-refractivity contribution in [2.24, 2.45) is 5.92 Å². The highest BCUT2D eigenvalue weighted by Crippen LogP contribution is 2.26. The lowest BCUT2D eigenvalue weighted by molar-refractivity contribution is -0.123. The van der Waals surface area contributed by atoms with Gasteiger partial charge >= 0.3 is 0 Å². The molecule has 5 heteroatoms. The van der Waals surface area contributed by atoms with E-state index < -0.39 is 0 Å². The third kappa shape index (κ3) is 5.48. The Bertz CT molecular complexity index is 501. The summed E-state index contributed by atoms with van der Waals surface area (Å²) in [6.07, 6.45) is 1.07. The number of ketones is 1. The van der Waals surface area contributed by atoms with E-state index in [0.717, 1.165) is 23.3 Å². The molecule has 0 radical (unpaired) electrons. The minimum Gasteiger partial charge on any atom is -0.496 e. The number of Topliss-reactive ketones (excluding diaryl/α,β-unsaturated/α-hetero) is 1. The molecule has 1 aromatic carbocycles. The standard InChI is InChI=1S/C17H25NO4/c1-5-22-16-7-6-15(17(10-16)21-4)12-18(3)11-14(8-9-19)13(2)20/h6-7,9-10,14H,5,8,11-12H2,1-4H3. The third-order valence-corrected chi connectivity index (χ3v) is 3.50. The van der Waals surface area contributed by atoms with Gasteiger partial charge < -0.3 is 19.2 Å². The molecule has 0 aliphatic heterocycles. The highest BCUT2D eigenvalue weighted by atomic mass is 16.5. The predicted molar refractivity (Wildman–Crippen MR) is 85.3 cm³/mol. The lowest BCUT2D eigenvalue weighted by Gasteiger charge is -2.22. The Kier molecular flexibility index (Phi) is 7.60. The molecule has 1 aromatic rings. The minimum absolute atomic E-state index is 0.0395. The first-order chi connectivity index (χ1) is 10.5. The molecule has 0 N–H and O–H groups in total. The second-order valence-electron chi connectivity index (χ2n) is 5.31. The van der Waals surface area contributed by atoms with E-state index in [4.69, 9.17) is 9.47 Å². The molecule has 0 saturated heterocycles. The molecule has 22 heavy (non-hydrogen) atoms. The average Bonchev–Trinajstić information content (AvgIpc) is 2.48. The van der Waals surface area contributed by atoms with E-state index in [1.165, 1.54) is 6.92 Å². The van der Waals surface area contributed by atoms with Gasteiger partial charge in [0.2, 0.25) is 0 Å². The summed E-state index contributed by atoms with van der Waals surface area (Å²) in [7, 11) is 3.55. The Morgan fingerprint density at radius 2 is 2.14 bits per heavy atom. The van der Waals surface area contributed by atoms with Crippen molar-refractivity contribution in [1.29, 1.82) is 0 Å². The molecule has 0 aliphatic rings. The van der Waals surface area contributed by atoms with Crippen LogP contribution in [-0.2, 0) is 16.1 Å². The summed E-state index contributed by atoms with van der Waals surface area (Å²) in [6.45, 7) is 5.25. The van der Waals surface area contributed by atoms with Crippen molar-refractivity contribution in [3.63, 3.8) is 0 Å². The van der Waals surface area contributed by atoms with Crippen molar-refractivity contribution in [3.8, 4) is 11.5 Å². The van der Waals surface area contributed by atoms with Gasteiger partial charge in [-0.3, -0.25) is 4.79 Å². The molecule has 0 saturated carbocycles. The van der Waals surface area contributed by atoms with Gasteiger partial charge in [-0.25, -0.2) is 0 Å². The van der Waals surface area contributed by atoms with Gasteiger partial charge in [0.1, 0.15) is 23.6 Å². The summed E-state index contributed by atoms with van der Waals surface area (Å²) >= 11 is 0. The first-order valence-electron chi connectivity index (χ1n) is 7.44. The normalized spacial score (nSPS) is 12.0. The van der Waals surface area contributed by atoms with E-state index in [9.17, 15) is 9.59 Å². The molecular weight excluding hydrogens is 282 g/mol. The van der Waals surface area contributed by atoms with Crippen molar-refractivity contribution in [2.45, 2.75) is 26.8 Å². The number of carbonyl (C=O) groups is 2. The van der Waals surface area contributed by atoms with Crippen LogP contribution in [0.25, 0.3) is 0 Å². The zero-order chi connectivity index (χ0) is 16.5. The Morgan fingerprint density at radius 3 is 2.68 bits per heavy atom. The maximum absolute atomic E-state index is 11.5. The SMILES string of the molecule is CCOc1ccc(CN(C)CC(CC=O)C(C)=O)c(OC)c1. The molecule has 0 bridgehead atoms. The van der Waals surface area contributed by atoms with E-state index in [-0.39, 0.29) is 18.1 Å². The molecule has 1 unspecified atom stereocenters. The molecule has 122 valence electrons. The first kappa shape index (κ1) is 18.2. The summed E-state index contributed by atoms with van der Waals surface area (Å²) in [5, 5.41) is 0. The quantitative estimate of drug-likeness (QED) is 0.621. The van der Waals surface area contributed by atoms with Crippen LogP contribution in [-0.4, -0.2) is 44.3 Å².